The highest BCUT2D eigenvalue weighted by molar-refractivity contribution is 6.11. The smallest absolute Gasteiger partial charge is 0.323 e. The number of nitrogens with one attached hydrogen (secondary N) is 3. The number of hydrogen-bond acceptors (Lipinski definition) is 6. The van der Waals surface area contributed by atoms with E-state index in [-0.39, 0.29) is 17.5 Å². The molecule has 1 aliphatic rings. The number of anilines is 1. The van der Waals surface area contributed by atoms with E-state index in [0.29, 0.717) is 52.7 Å². The molecule has 10 nitrogen and oxygen atoms in total. The zero-order valence-corrected chi connectivity index (χ0v) is 20.0. The van der Waals surface area contributed by atoms with Gasteiger partial charge in [-0.3, -0.25) is 9.59 Å². The van der Waals surface area contributed by atoms with Crippen LogP contribution in [0.15, 0.2) is 72.0 Å². The highest BCUT2D eigenvalue weighted by atomic mass is 16.5. The number of para-hydroxylation sites is 1. The molecule has 10 heteroatoms. The Morgan fingerprint density at radius 3 is 2.49 bits per heavy atom. The van der Waals surface area contributed by atoms with Gasteiger partial charge in [0.2, 0.25) is 5.91 Å². The van der Waals surface area contributed by atoms with Crippen LogP contribution < -0.4 is 26.4 Å². The van der Waals surface area contributed by atoms with Gasteiger partial charge in [0.15, 0.2) is 5.82 Å². The first-order chi connectivity index (χ1) is 17.9. The summed E-state index contributed by atoms with van der Waals surface area (Å²) < 4.78 is 5.88. The van der Waals surface area contributed by atoms with Crippen molar-refractivity contribution in [3.05, 3.63) is 83.3 Å². The predicted molar refractivity (Wildman–Crippen MR) is 141 cm³/mol. The Morgan fingerprint density at radius 2 is 1.78 bits per heavy atom. The molecule has 0 spiro atoms. The first-order valence-corrected chi connectivity index (χ1v) is 11.9. The Balaban J connectivity index is 1.56. The van der Waals surface area contributed by atoms with Crippen molar-refractivity contribution in [2.45, 2.75) is 18.9 Å². The van der Waals surface area contributed by atoms with Gasteiger partial charge in [-0.2, -0.15) is 0 Å². The minimum Gasteiger partial charge on any atom is -0.457 e. The van der Waals surface area contributed by atoms with Crippen molar-refractivity contribution in [1.82, 2.24) is 20.3 Å². The van der Waals surface area contributed by atoms with E-state index < -0.39 is 11.6 Å². The minimum absolute atomic E-state index is 0.113. The van der Waals surface area contributed by atoms with Crippen molar-refractivity contribution in [1.29, 1.82) is 0 Å². The van der Waals surface area contributed by atoms with Crippen LogP contribution in [0.3, 0.4) is 0 Å². The largest absolute Gasteiger partial charge is 0.457 e. The molecule has 5 rings (SSSR count). The van der Waals surface area contributed by atoms with E-state index in [0.717, 1.165) is 12.8 Å². The van der Waals surface area contributed by atoms with E-state index >= 15 is 0 Å². The summed E-state index contributed by atoms with van der Waals surface area (Å²) in [5.41, 5.74) is 7.06. The van der Waals surface area contributed by atoms with Crippen molar-refractivity contribution < 1.29 is 14.3 Å². The van der Waals surface area contributed by atoms with Crippen molar-refractivity contribution in [2.24, 2.45) is 5.73 Å². The third-order valence-electron chi connectivity index (χ3n) is 6.26. The first-order valence-electron chi connectivity index (χ1n) is 11.9. The van der Waals surface area contributed by atoms with Crippen LogP contribution in [0.5, 0.6) is 11.5 Å². The van der Waals surface area contributed by atoms with Gasteiger partial charge < -0.3 is 30.7 Å². The molecule has 3 heterocycles. The maximum atomic E-state index is 12.6. The molecule has 2 amide bonds. The van der Waals surface area contributed by atoms with Gasteiger partial charge in [-0.15, -0.1) is 0 Å². The summed E-state index contributed by atoms with van der Waals surface area (Å²) in [5.74, 6) is 0.846. The van der Waals surface area contributed by atoms with Gasteiger partial charge in [0, 0.05) is 24.7 Å². The second kappa shape index (κ2) is 10.0. The number of aromatic nitrogens is 3. The van der Waals surface area contributed by atoms with Crippen molar-refractivity contribution in [3.63, 3.8) is 0 Å². The van der Waals surface area contributed by atoms with E-state index in [1.54, 1.807) is 24.3 Å². The van der Waals surface area contributed by atoms with Crippen molar-refractivity contribution in [3.8, 4) is 22.8 Å². The van der Waals surface area contributed by atoms with E-state index in [1.165, 1.54) is 6.08 Å². The molecule has 37 heavy (non-hydrogen) atoms. The molecule has 1 saturated heterocycles. The maximum Gasteiger partial charge on any atom is 0.323 e. The van der Waals surface area contributed by atoms with Crippen molar-refractivity contribution in [2.75, 3.05) is 18.0 Å². The number of ether oxygens (including phenoxy) is 1. The Hall–Kier alpha value is -4.86. The predicted octanol–water partition coefficient (Wildman–Crippen LogP) is 3.08. The number of carbonyl (C=O) groups excluding carboxylic acids is 2. The number of rotatable bonds is 7. The highest BCUT2D eigenvalue weighted by Gasteiger charge is 2.28. The zero-order chi connectivity index (χ0) is 25.9. The number of fused-ring (bicyclic) bond motifs is 1. The van der Waals surface area contributed by atoms with Gasteiger partial charge in [0.1, 0.15) is 17.0 Å². The number of hydrogen-bond donors (Lipinski definition) is 4. The normalized spacial score (nSPS) is 15.4. The third kappa shape index (κ3) is 4.94. The molecule has 0 saturated carbocycles. The number of H-pyrrole nitrogens is 2. The summed E-state index contributed by atoms with van der Waals surface area (Å²) in [4.78, 5) is 49.0. The Labute approximate surface area is 212 Å². The summed E-state index contributed by atoms with van der Waals surface area (Å²) in [7, 11) is 0. The second-order valence-corrected chi connectivity index (χ2v) is 8.79. The number of amides is 2. The molecule has 2 aromatic carbocycles. The van der Waals surface area contributed by atoms with E-state index in [4.69, 9.17) is 15.5 Å². The maximum absolute atomic E-state index is 12.6. The monoisotopic (exact) mass is 498 g/mol. The topological polar surface area (TPSA) is 146 Å². The number of nitrogens with zero attached hydrogens (tertiary/aromatic N) is 2. The van der Waals surface area contributed by atoms with Crippen LogP contribution in [0.4, 0.5) is 5.82 Å². The van der Waals surface area contributed by atoms with Gasteiger partial charge >= 0.3 is 5.69 Å². The molecule has 5 N–H and O–H groups in total. The molecule has 0 bridgehead atoms. The molecule has 4 aromatic rings. The number of nitrogens with two attached hydrogens (primary N) is 1. The number of carbonyl (C=O) groups is 2. The minimum atomic E-state index is -0.714. The number of imidazole rings is 1. The van der Waals surface area contributed by atoms with Crippen LogP contribution >= 0.6 is 0 Å². The van der Waals surface area contributed by atoms with E-state index in [9.17, 15) is 14.4 Å². The molecule has 0 radical (unpaired) electrons. The first kappa shape index (κ1) is 23.9. The van der Waals surface area contributed by atoms with Crippen LogP contribution in [0, 0.1) is 0 Å². The van der Waals surface area contributed by atoms with Crippen LogP contribution in [0.25, 0.3) is 22.3 Å². The van der Waals surface area contributed by atoms with Gasteiger partial charge in [-0.25, -0.2) is 9.78 Å². The van der Waals surface area contributed by atoms with Gasteiger partial charge in [-0.05, 0) is 55.3 Å². The Bertz CT molecular complexity index is 1520. The summed E-state index contributed by atoms with van der Waals surface area (Å²) in [6.45, 7) is 4.66. The van der Waals surface area contributed by atoms with E-state index in [1.807, 2.05) is 35.2 Å². The number of piperidine rings is 1. The van der Waals surface area contributed by atoms with Crippen molar-refractivity contribution >= 4 is 28.7 Å². The molecule has 2 aromatic heterocycles. The van der Waals surface area contributed by atoms with Gasteiger partial charge in [-0.1, -0.05) is 24.8 Å². The quantitative estimate of drug-likeness (QED) is 0.288. The lowest BCUT2D eigenvalue weighted by Gasteiger charge is -2.34. The summed E-state index contributed by atoms with van der Waals surface area (Å²) in [6, 6.07) is 16.4. The molecule has 1 fully saturated rings. The number of benzene rings is 2. The zero-order valence-electron chi connectivity index (χ0n) is 20.0. The number of primary amides is 1. The Kier molecular flexibility index (Phi) is 6.46. The highest BCUT2D eigenvalue weighted by Crippen LogP contribution is 2.34. The molecule has 0 aliphatic carbocycles. The lowest BCUT2D eigenvalue weighted by Crippen LogP contribution is -2.47. The SMILES string of the molecule is C=CC(=O)N[C@H]1CCCN(c2nc(-c3ccc(Oc4ccccc4)cc3)c(C(N)=O)c3[nH]c(=O)[nH]c23)C1. The van der Waals surface area contributed by atoms with E-state index in [2.05, 4.69) is 21.9 Å². The lowest BCUT2D eigenvalue weighted by atomic mass is 10.0. The van der Waals surface area contributed by atoms with Gasteiger partial charge in [0.05, 0.1) is 16.8 Å². The number of aromatic amines is 2. The Morgan fingerprint density at radius 1 is 1.08 bits per heavy atom. The second-order valence-electron chi connectivity index (χ2n) is 8.79. The number of pyridine rings is 1. The fourth-order valence-electron chi connectivity index (χ4n) is 4.61. The fraction of sp³-hybridized carbons (Fsp3) is 0.185. The molecule has 188 valence electrons. The van der Waals surface area contributed by atoms with Gasteiger partial charge in [0.25, 0.3) is 5.91 Å². The van der Waals surface area contributed by atoms with Crippen LogP contribution in [-0.4, -0.2) is 45.9 Å². The summed E-state index contributed by atoms with van der Waals surface area (Å²) in [6.07, 6.45) is 2.85. The molecule has 0 unspecified atom stereocenters. The standard InChI is InChI=1S/C27H26N6O4/c1-2-20(34)29-17-7-6-14-33(15-17)26-24-23(31-27(36)32-24)21(25(28)35)22(30-26)16-10-12-19(13-11-16)37-18-8-4-3-5-9-18/h2-5,8-13,17H,1,6-7,14-15H2,(H2,28,35)(H,29,34)(H2,31,32,36)/t17-/m0/s1. The lowest BCUT2D eigenvalue weighted by molar-refractivity contribution is -0.117. The summed E-state index contributed by atoms with van der Waals surface area (Å²) >= 11 is 0. The fourth-order valence-corrected chi connectivity index (χ4v) is 4.61. The average molecular weight is 499 g/mol. The molecular formula is C27H26N6O4. The third-order valence-corrected chi connectivity index (χ3v) is 6.26. The molecule has 1 aliphatic heterocycles. The summed E-state index contributed by atoms with van der Waals surface area (Å²) in [5, 5.41) is 2.93. The molecule has 1 atom stereocenters. The average Bonchev–Trinajstić information content (AvgIpc) is 3.29. The van der Waals surface area contributed by atoms with Crippen LogP contribution in [0.2, 0.25) is 0 Å². The molecular weight excluding hydrogens is 472 g/mol. The van der Waals surface area contributed by atoms with Crippen LogP contribution in [-0.2, 0) is 4.79 Å². The van der Waals surface area contributed by atoms with Crippen LogP contribution in [0.1, 0.15) is 23.2 Å².